The lowest BCUT2D eigenvalue weighted by Crippen LogP contribution is -2.26. The van der Waals surface area contributed by atoms with E-state index in [0.717, 1.165) is 6.16 Å². The summed E-state index contributed by atoms with van der Waals surface area (Å²) in [5.41, 5.74) is 9.77. The first-order valence-electron chi connectivity index (χ1n) is 11.0. The van der Waals surface area contributed by atoms with E-state index in [2.05, 4.69) is 122 Å². The quantitative estimate of drug-likeness (QED) is 0.372. The molecule has 0 bridgehead atoms. The monoisotopic (exact) mass is 416 g/mol. The van der Waals surface area contributed by atoms with E-state index in [4.69, 9.17) is 0 Å². The van der Waals surface area contributed by atoms with Crippen LogP contribution in [0, 0.1) is 13.8 Å². The predicted octanol–water partition coefficient (Wildman–Crippen LogP) is 9.22. The van der Waals surface area contributed by atoms with E-state index in [1.54, 1.807) is 0 Å². The minimum absolute atomic E-state index is 0.229. The first-order chi connectivity index (χ1) is 14.0. The molecule has 0 atom stereocenters. The lowest BCUT2D eigenvalue weighted by atomic mass is 9.87. The van der Waals surface area contributed by atoms with E-state index in [9.17, 15) is 0 Å². The van der Waals surface area contributed by atoms with Crippen molar-refractivity contribution < 1.29 is 0 Å². The smallest absolute Gasteiger partial charge is 0.00572 e. The van der Waals surface area contributed by atoms with Crippen molar-refractivity contribution in [1.29, 1.82) is 0 Å². The van der Waals surface area contributed by atoms with Gasteiger partial charge in [0.15, 0.2) is 0 Å². The summed E-state index contributed by atoms with van der Waals surface area (Å²) in [5, 5.41) is 0.598. The molecule has 0 aliphatic rings. The molecule has 0 spiro atoms. The second-order valence-electron chi connectivity index (χ2n) is 10.4. The molecular weight excluding hydrogens is 379 g/mol. The molecule has 0 unspecified atom stereocenters. The van der Waals surface area contributed by atoms with Gasteiger partial charge in [-0.15, -0.1) is 0 Å². The number of benzene rings is 3. The summed E-state index contributed by atoms with van der Waals surface area (Å²) in [7, 11) is -0.229. The molecule has 0 saturated heterocycles. The molecule has 0 aliphatic carbocycles. The first-order valence-corrected chi connectivity index (χ1v) is 12.5. The Labute approximate surface area is 185 Å². The normalized spacial score (nSPS) is 12.4. The van der Waals surface area contributed by atoms with Crippen LogP contribution in [0.25, 0.3) is 22.3 Å². The van der Waals surface area contributed by atoms with Gasteiger partial charge in [-0.05, 0) is 75.3 Å². The standard InChI is InChI=1S/C29H37P/c1-21-22(2)27(24-17-13-10-14-18-24)25(19-26(21)23-15-11-9-12-16-23)20-30(28(3,4)5)29(6,7)8/h9-19H,20H2,1-8H3. The second kappa shape index (κ2) is 8.68. The highest BCUT2D eigenvalue weighted by molar-refractivity contribution is 7.60. The summed E-state index contributed by atoms with van der Waals surface area (Å²) in [6, 6.07) is 24.3. The fourth-order valence-electron chi connectivity index (χ4n) is 4.68. The van der Waals surface area contributed by atoms with E-state index in [0.29, 0.717) is 10.3 Å². The lowest BCUT2D eigenvalue weighted by Gasteiger charge is -2.42. The fourth-order valence-corrected chi connectivity index (χ4v) is 8.24. The third-order valence-electron chi connectivity index (χ3n) is 6.08. The van der Waals surface area contributed by atoms with E-state index < -0.39 is 0 Å². The average Bonchev–Trinajstić information content (AvgIpc) is 2.68. The molecule has 3 rings (SSSR count). The molecule has 0 amide bonds. The van der Waals surface area contributed by atoms with Gasteiger partial charge >= 0.3 is 0 Å². The number of rotatable bonds is 4. The van der Waals surface area contributed by atoms with Crippen molar-refractivity contribution in [3.63, 3.8) is 0 Å². The predicted molar refractivity (Wildman–Crippen MR) is 137 cm³/mol. The van der Waals surface area contributed by atoms with Gasteiger partial charge in [0.2, 0.25) is 0 Å². The third kappa shape index (κ3) is 4.87. The summed E-state index contributed by atoms with van der Waals surface area (Å²) in [5.74, 6) is 0. The van der Waals surface area contributed by atoms with Gasteiger partial charge in [0.05, 0.1) is 0 Å². The zero-order valence-electron chi connectivity index (χ0n) is 20.0. The molecule has 0 aliphatic heterocycles. The van der Waals surface area contributed by atoms with Crippen molar-refractivity contribution in [2.24, 2.45) is 0 Å². The van der Waals surface area contributed by atoms with Gasteiger partial charge < -0.3 is 0 Å². The fraction of sp³-hybridized carbons (Fsp3) is 0.379. The van der Waals surface area contributed by atoms with Crippen LogP contribution < -0.4 is 0 Å². The molecule has 3 aromatic carbocycles. The maximum atomic E-state index is 2.49. The van der Waals surface area contributed by atoms with Gasteiger partial charge in [-0.2, -0.15) is 0 Å². The summed E-state index contributed by atoms with van der Waals surface area (Å²) >= 11 is 0. The van der Waals surface area contributed by atoms with E-state index in [-0.39, 0.29) is 7.92 Å². The van der Waals surface area contributed by atoms with Crippen LogP contribution in [0.2, 0.25) is 0 Å². The molecule has 0 N–H and O–H groups in total. The Bertz CT molecular complexity index is 973. The van der Waals surface area contributed by atoms with Gasteiger partial charge in [0.25, 0.3) is 0 Å². The maximum Gasteiger partial charge on any atom is -0.00572 e. The van der Waals surface area contributed by atoms with Gasteiger partial charge in [0.1, 0.15) is 0 Å². The van der Waals surface area contributed by atoms with Crippen LogP contribution in [0.4, 0.5) is 0 Å². The summed E-state index contributed by atoms with van der Waals surface area (Å²) in [6.45, 7) is 19.1. The van der Waals surface area contributed by atoms with E-state index >= 15 is 0 Å². The van der Waals surface area contributed by atoms with Crippen molar-refractivity contribution >= 4 is 7.92 Å². The van der Waals surface area contributed by atoms with Crippen molar-refractivity contribution in [2.45, 2.75) is 71.9 Å². The minimum Gasteiger partial charge on any atom is -0.0911 e. The number of hydrogen-bond donors (Lipinski definition) is 0. The Kier molecular flexibility index (Phi) is 6.59. The summed E-state index contributed by atoms with van der Waals surface area (Å²) in [4.78, 5) is 0. The third-order valence-corrected chi connectivity index (χ3v) is 9.97. The van der Waals surface area contributed by atoms with Crippen LogP contribution in [-0.4, -0.2) is 10.3 Å². The molecule has 0 aromatic heterocycles. The Morgan fingerprint density at radius 2 is 1.10 bits per heavy atom. The van der Waals surface area contributed by atoms with E-state index in [1.165, 1.54) is 38.9 Å². The van der Waals surface area contributed by atoms with Crippen LogP contribution in [-0.2, 0) is 6.16 Å². The van der Waals surface area contributed by atoms with E-state index in [1.807, 2.05) is 0 Å². The van der Waals surface area contributed by atoms with Gasteiger partial charge in [0, 0.05) is 0 Å². The van der Waals surface area contributed by atoms with Crippen molar-refractivity contribution in [1.82, 2.24) is 0 Å². The molecule has 0 saturated carbocycles. The summed E-state index contributed by atoms with van der Waals surface area (Å²) < 4.78 is 0. The van der Waals surface area contributed by atoms with Gasteiger partial charge in [-0.3, -0.25) is 0 Å². The molecule has 0 fully saturated rings. The highest BCUT2D eigenvalue weighted by atomic mass is 31.1. The molecule has 30 heavy (non-hydrogen) atoms. The Balaban J connectivity index is 2.26. The largest absolute Gasteiger partial charge is 0.0911 e. The van der Waals surface area contributed by atoms with Crippen LogP contribution >= 0.6 is 7.92 Å². The van der Waals surface area contributed by atoms with Crippen molar-refractivity contribution in [3.8, 4) is 22.3 Å². The topological polar surface area (TPSA) is 0 Å². The van der Waals surface area contributed by atoms with Crippen LogP contribution in [0.5, 0.6) is 0 Å². The molecule has 3 aromatic rings. The first kappa shape index (κ1) is 22.8. The highest BCUT2D eigenvalue weighted by Gasteiger charge is 2.35. The molecule has 158 valence electrons. The lowest BCUT2D eigenvalue weighted by molar-refractivity contribution is 0.703. The summed E-state index contributed by atoms with van der Waals surface area (Å²) in [6.07, 6.45) is 1.15. The zero-order valence-corrected chi connectivity index (χ0v) is 20.9. The molecule has 0 radical (unpaired) electrons. The molecule has 1 heteroatoms. The Hall–Kier alpha value is -1.91. The van der Waals surface area contributed by atoms with Crippen molar-refractivity contribution in [2.75, 3.05) is 0 Å². The molecule has 0 nitrogen and oxygen atoms in total. The number of hydrogen-bond acceptors (Lipinski definition) is 0. The highest BCUT2D eigenvalue weighted by Crippen LogP contribution is 2.62. The maximum absolute atomic E-state index is 2.49. The van der Waals surface area contributed by atoms with Crippen molar-refractivity contribution in [3.05, 3.63) is 83.4 Å². The van der Waals surface area contributed by atoms with Crippen LogP contribution in [0.1, 0.15) is 58.2 Å². The Morgan fingerprint density at radius 1 is 0.633 bits per heavy atom. The van der Waals surface area contributed by atoms with Crippen LogP contribution in [0.3, 0.4) is 0 Å². The molecular formula is C29H37P. The van der Waals surface area contributed by atoms with Gasteiger partial charge in [-0.25, -0.2) is 0 Å². The zero-order chi connectivity index (χ0) is 22.1. The Morgan fingerprint density at radius 3 is 1.57 bits per heavy atom. The second-order valence-corrected chi connectivity index (χ2v) is 14.2. The van der Waals surface area contributed by atoms with Gasteiger partial charge in [-0.1, -0.05) is 110 Å². The molecule has 0 heterocycles. The SMILES string of the molecule is Cc1c(-c2ccccc2)cc(CP(C(C)(C)C)C(C)(C)C)c(-c2ccccc2)c1C. The average molecular weight is 417 g/mol. The minimum atomic E-state index is -0.229. The van der Waals surface area contributed by atoms with Crippen LogP contribution in [0.15, 0.2) is 66.7 Å².